The second-order valence-corrected chi connectivity index (χ2v) is 3.21. The third-order valence-electron chi connectivity index (χ3n) is 1.85. The van der Waals surface area contributed by atoms with Crippen molar-refractivity contribution in [2.75, 3.05) is 0 Å². The molecular weight excluding hydrogens is 194 g/mol. The third-order valence-corrected chi connectivity index (χ3v) is 2.00. The van der Waals surface area contributed by atoms with Crippen LogP contribution in [0.4, 0.5) is 0 Å². The fourth-order valence-corrected chi connectivity index (χ4v) is 1.23. The van der Waals surface area contributed by atoms with Crippen molar-refractivity contribution in [1.29, 1.82) is 0 Å². The Hall–Kier alpha value is -0.900. The number of carbonyl (C=O) groups is 2. The Morgan fingerprint density at radius 2 is 1.85 bits per heavy atom. The van der Waals surface area contributed by atoms with E-state index in [2.05, 4.69) is 9.99 Å². The summed E-state index contributed by atoms with van der Waals surface area (Å²) in [4.78, 5) is 25.1. The predicted molar refractivity (Wildman–Crippen MR) is 47.5 cm³/mol. The van der Waals surface area contributed by atoms with E-state index in [-0.39, 0.29) is 0 Å². The van der Waals surface area contributed by atoms with Gasteiger partial charge in [-0.05, 0) is 37.3 Å². The van der Waals surface area contributed by atoms with Crippen molar-refractivity contribution in [2.24, 2.45) is 5.16 Å². The van der Waals surface area contributed by atoms with Gasteiger partial charge in [0.25, 0.3) is 0 Å². The van der Waals surface area contributed by atoms with E-state index >= 15 is 0 Å². The Labute approximate surface area is 80.9 Å². The Morgan fingerprint density at radius 3 is 2.38 bits per heavy atom. The first-order valence-electron chi connectivity index (χ1n) is 4.16. The molecule has 1 fully saturated rings. The Balaban J connectivity index is 2.37. The van der Waals surface area contributed by atoms with Crippen molar-refractivity contribution in [1.82, 2.24) is 0 Å². The Bertz CT molecular complexity index is 242. The van der Waals surface area contributed by atoms with Gasteiger partial charge in [0.1, 0.15) is 0 Å². The molecule has 0 aliphatic heterocycles. The van der Waals surface area contributed by atoms with Crippen LogP contribution in [0, 0.1) is 0 Å². The Morgan fingerprint density at radius 1 is 1.23 bits per heavy atom. The van der Waals surface area contributed by atoms with Crippen LogP contribution in [-0.2, 0) is 14.4 Å². The molecule has 0 heterocycles. The number of carbonyl (C=O) groups excluding carboxylic acids is 2. The molecule has 1 rings (SSSR count). The maximum Gasteiger partial charge on any atom is 0.417 e. The van der Waals surface area contributed by atoms with Crippen molar-refractivity contribution >= 4 is 28.5 Å². The summed E-state index contributed by atoms with van der Waals surface area (Å²) in [6.07, 6.45) is 4.98. The van der Waals surface area contributed by atoms with Gasteiger partial charge in [-0.15, -0.1) is 0 Å². The highest BCUT2D eigenvalue weighted by molar-refractivity contribution is 6.80. The number of halogens is 1. The summed E-state index contributed by atoms with van der Waals surface area (Å²) in [5, 5.41) is 2.43. The second-order valence-electron chi connectivity index (χ2n) is 2.87. The molecule has 0 bridgehead atoms. The van der Waals surface area contributed by atoms with Crippen LogP contribution in [0.1, 0.15) is 32.1 Å². The van der Waals surface area contributed by atoms with Gasteiger partial charge in [0.15, 0.2) is 0 Å². The van der Waals surface area contributed by atoms with Gasteiger partial charge in [0, 0.05) is 0 Å². The number of nitrogens with zero attached hydrogens (tertiary/aromatic N) is 1. The van der Waals surface area contributed by atoms with Gasteiger partial charge in [-0.1, -0.05) is 11.6 Å². The van der Waals surface area contributed by atoms with Crippen molar-refractivity contribution in [3.05, 3.63) is 0 Å². The van der Waals surface area contributed by atoms with Gasteiger partial charge in [-0.2, -0.15) is 0 Å². The van der Waals surface area contributed by atoms with Gasteiger partial charge in [0.05, 0.1) is 5.71 Å². The van der Waals surface area contributed by atoms with E-state index in [0.29, 0.717) is 0 Å². The molecule has 0 unspecified atom stereocenters. The molecule has 0 spiro atoms. The molecule has 0 amide bonds. The average Bonchev–Trinajstić information content (AvgIpc) is 2.15. The van der Waals surface area contributed by atoms with Crippen molar-refractivity contribution in [2.45, 2.75) is 32.1 Å². The topological polar surface area (TPSA) is 55.7 Å². The zero-order valence-electron chi connectivity index (χ0n) is 7.09. The fourth-order valence-electron chi connectivity index (χ4n) is 1.19. The number of hydrogen-bond acceptors (Lipinski definition) is 4. The summed E-state index contributed by atoms with van der Waals surface area (Å²) in [5.74, 6) is -1.11. The van der Waals surface area contributed by atoms with Gasteiger partial charge < -0.3 is 4.84 Å². The first-order chi connectivity index (χ1) is 6.20. The van der Waals surface area contributed by atoms with E-state index in [1.165, 1.54) is 6.42 Å². The van der Waals surface area contributed by atoms with E-state index in [9.17, 15) is 9.59 Å². The number of oxime groups is 1. The van der Waals surface area contributed by atoms with E-state index in [1.54, 1.807) is 0 Å². The molecule has 4 nitrogen and oxygen atoms in total. The van der Waals surface area contributed by atoms with Crippen LogP contribution < -0.4 is 0 Å². The van der Waals surface area contributed by atoms with Crippen LogP contribution in [-0.4, -0.2) is 16.9 Å². The molecule has 1 aliphatic carbocycles. The fraction of sp³-hybridized carbons (Fsp3) is 0.625. The summed E-state index contributed by atoms with van der Waals surface area (Å²) < 4.78 is 0. The lowest BCUT2D eigenvalue weighted by atomic mass is 9.99. The summed E-state index contributed by atoms with van der Waals surface area (Å²) in [6, 6.07) is 0. The summed E-state index contributed by atoms with van der Waals surface area (Å²) in [7, 11) is 0. The minimum absolute atomic E-state index is 0.831. The van der Waals surface area contributed by atoms with Crippen LogP contribution in [0.5, 0.6) is 0 Å². The third kappa shape index (κ3) is 3.55. The molecule has 1 saturated carbocycles. The quantitative estimate of drug-likeness (QED) is 0.297. The largest absolute Gasteiger partial charge is 0.417 e. The summed E-state index contributed by atoms with van der Waals surface area (Å²) >= 11 is 4.86. The van der Waals surface area contributed by atoms with Crippen LogP contribution >= 0.6 is 11.6 Å². The Kier molecular flexibility index (Phi) is 3.89. The lowest BCUT2D eigenvalue weighted by molar-refractivity contribution is -0.150. The molecule has 0 aromatic heterocycles. The monoisotopic (exact) mass is 203 g/mol. The summed E-state index contributed by atoms with van der Waals surface area (Å²) in [5.41, 5.74) is 0.831. The predicted octanol–water partition coefficient (Wildman–Crippen LogP) is 1.62. The highest BCUT2D eigenvalue weighted by atomic mass is 35.5. The van der Waals surface area contributed by atoms with Gasteiger partial charge in [-0.25, -0.2) is 4.79 Å². The SMILES string of the molecule is O=C(Cl)C(=O)ON=C1CCCCC1. The van der Waals surface area contributed by atoms with E-state index in [1.807, 2.05) is 0 Å². The van der Waals surface area contributed by atoms with Crippen molar-refractivity contribution < 1.29 is 14.4 Å². The van der Waals surface area contributed by atoms with E-state index < -0.39 is 11.2 Å². The summed E-state index contributed by atoms with van der Waals surface area (Å²) in [6.45, 7) is 0. The smallest absolute Gasteiger partial charge is 0.308 e. The molecule has 5 heteroatoms. The molecule has 0 radical (unpaired) electrons. The van der Waals surface area contributed by atoms with Gasteiger partial charge in [0.2, 0.25) is 0 Å². The van der Waals surface area contributed by atoms with Gasteiger partial charge >= 0.3 is 11.2 Å². The van der Waals surface area contributed by atoms with Crippen LogP contribution in [0.25, 0.3) is 0 Å². The first-order valence-corrected chi connectivity index (χ1v) is 4.54. The maximum atomic E-state index is 10.6. The van der Waals surface area contributed by atoms with Crippen LogP contribution in [0.15, 0.2) is 5.16 Å². The van der Waals surface area contributed by atoms with Crippen LogP contribution in [0.2, 0.25) is 0 Å². The molecule has 1 aliphatic rings. The average molecular weight is 204 g/mol. The molecule has 0 aromatic rings. The molecule has 0 N–H and O–H groups in total. The first kappa shape index (κ1) is 10.2. The van der Waals surface area contributed by atoms with E-state index in [4.69, 9.17) is 11.6 Å². The maximum absolute atomic E-state index is 10.6. The number of rotatable bonds is 2. The zero-order valence-corrected chi connectivity index (χ0v) is 7.84. The molecule has 0 saturated heterocycles. The molecule has 0 aromatic carbocycles. The normalized spacial score (nSPS) is 16.5. The second kappa shape index (κ2) is 4.97. The standard InChI is InChI=1S/C8H10ClNO3/c9-7(11)8(12)13-10-6-4-2-1-3-5-6/h1-5H2. The highest BCUT2D eigenvalue weighted by Crippen LogP contribution is 2.14. The lowest BCUT2D eigenvalue weighted by Crippen LogP contribution is -2.11. The minimum Gasteiger partial charge on any atom is -0.308 e. The van der Waals surface area contributed by atoms with Crippen molar-refractivity contribution in [3.8, 4) is 0 Å². The van der Waals surface area contributed by atoms with Crippen LogP contribution in [0.3, 0.4) is 0 Å². The number of hydrogen-bond donors (Lipinski definition) is 0. The molecule has 72 valence electrons. The van der Waals surface area contributed by atoms with E-state index in [0.717, 1.165) is 31.4 Å². The zero-order chi connectivity index (χ0) is 9.68. The molecule has 13 heavy (non-hydrogen) atoms. The van der Waals surface area contributed by atoms with Crippen molar-refractivity contribution in [3.63, 3.8) is 0 Å². The highest BCUT2D eigenvalue weighted by Gasteiger charge is 2.13. The van der Waals surface area contributed by atoms with Gasteiger partial charge in [-0.3, -0.25) is 4.79 Å². The molecular formula is C8H10ClNO3. The minimum atomic E-state index is -1.14. The lowest BCUT2D eigenvalue weighted by Gasteiger charge is -2.10. The molecule has 0 atom stereocenters.